The van der Waals surface area contributed by atoms with Gasteiger partial charge in [-0.05, 0) is 137 Å². The summed E-state index contributed by atoms with van der Waals surface area (Å²) in [7, 11) is 1.43. The van der Waals surface area contributed by atoms with Crippen molar-refractivity contribution in [2.24, 2.45) is 10.8 Å². The Balaban J connectivity index is 1.36. The Hall–Kier alpha value is -7.88. The average molecular weight is 1060 g/mol. The van der Waals surface area contributed by atoms with Crippen molar-refractivity contribution in [3.63, 3.8) is 0 Å². The number of amides is 4. The van der Waals surface area contributed by atoms with Crippen molar-refractivity contribution >= 4 is 53.2 Å². The van der Waals surface area contributed by atoms with Crippen LogP contribution in [-0.4, -0.2) is 92.6 Å². The lowest BCUT2D eigenvalue weighted by Gasteiger charge is -2.47. The second-order valence-corrected chi connectivity index (χ2v) is 21.9. The van der Waals surface area contributed by atoms with E-state index >= 15 is 0 Å². The lowest BCUT2D eigenvalue weighted by molar-refractivity contribution is -0.144. The summed E-state index contributed by atoms with van der Waals surface area (Å²) in [6.45, 7) is 25.9. The Morgan fingerprint density at radius 3 is 1.58 bits per heavy atom. The number of nitrogens with one attached hydrogen (secondary N) is 4. The number of carbonyl (C=O) groups excluding carboxylic acids is 8. The van der Waals surface area contributed by atoms with Gasteiger partial charge in [0.05, 0.1) is 35.5 Å². The van der Waals surface area contributed by atoms with Crippen LogP contribution in [0.3, 0.4) is 0 Å². The Morgan fingerprint density at radius 2 is 1.10 bits per heavy atom. The Kier molecular flexibility index (Phi) is 20.1. The molecule has 0 aliphatic heterocycles. The monoisotopic (exact) mass is 1050 g/mol. The Bertz CT molecular complexity index is 2900. The van der Waals surface area contributed by atoms with Crippen LogP contribution in [0.25, 0.3) is 0 Å². The fraction of sp³-hybridized carbons (Fsp3) is 0.410. The van der Waals surface area contributed by atoms with Crippen molar-refractivity contribution in [2.45, 2.75) is 125 Å². The maximum atomic E-state index is 14.4. The van der Waals surface area contributed by atoms with Crippen molar-refractivity contribution in [1.82, 2.24) is 16.0 Å². The highest BCUT2D eigenvalue weighted by atomic mass is 16.6. The highest BCUT2D eigenvalue weighted by molar-refractivity contribution is 6.11. The molecule has 4 aromatic carbocycles. The van der Waals surface area contributed by atoms with E-state index in [2.05, 4.69) is 55.2 Å². The molecule has 77 heavy (non-hydrogen) atoms. The molecule has 0 spiro atoms. The number of ether oxygens (including phenoxy) is 4. The summed E-state index contributed by atoms with van der Waals surface area (Å²) >= 11 is 0. The molecule has 1 aliphatic carbocycles. The predicted octanol–water partition coefficient (Wildman–Crippen LogP) is 9.79. The van der Waals surface area contributed by atoms with Crippen LogP contribution >= 0.6 is 0 Å². The normalized spacial score (nSPS) is 16.5. The van der Waals surface area contributed by atoms with E-state index in [1.807, 2.05) is 45.0 Å². The van der Waals surface area contributed by atoms with Crippen LogP contribution in [0, 0.1) is 17.8 Å². The molecule has 4 unspecified atom stereocenters. The minimum Gasteiger partial charge on any atom is -0.462 e. The average Bonchev–Trinajstić information content (AvgIpc) is 3.37. The molecular formula is C61H74N4O12. The summed E-state index contributed by atoms with van der Waals surface area (Å²) in [6, 6.07) is 23.0. The Labute approximate surface area is 452 Å². The van der Waals surface area contributed by atoms with Crippen molar-refractivity contribution < 1.29 is 57.3 Å². The minimum atomic E-state index is -0.955. The van der Waals surface area contributed by atoms with Crippen molar-refractivity contribution in [3.8, 4) is 0 Å². The molecule has 5 rings (SSSR count). The van der Waals surface area contributed by atoms with E-state index in [1.165, 1.54) is 33.0 Å². The molecule has 4 aromatic rings. The van der Waals surface area contributed by atoms with E-state index in [4.69, 9.17) is 18.9 Å². The van der Waals surface area contributed by atoms with Crippen LogP contribution < -0.4 is 21.3 Å². The number of rotatable bonds is 22. The van der Waals surface area contributed by atoms with Crippen LogP contribution in [0.5, 0.6) is 0 Å². The molecule has 0 aromatic heterocycles. The third kappa shape index (κ3) is 16.6. The zero-order valence-electron chi connectivity index (χ0n) is 46.3. The van der Waals surface area contributed by atoms with Gasteiger partial charge in [-0.2, -0.15) is 0 Å². The smallest absolute Gasteiger partial charge is 0.338 e. The first-order valence-corrected chi connectivity index (χ1v) is 25.8. The number of hydrogen-bond donors (Lipinski definition) is 4. The molecule has 1 fully saturated rings. The van der Waals surface area contributed by atoms with Gasteiger partial charge in [-0.15, -0.1) is 0 Å². The summed E-state index contributed by atoms with van der Waals surface area (Å²) < 4.78 is 21.7. The molecule has 0 saturated heterocycles. The molecule has 4 amide bonds. The largest absolute Gasteiger partial charge is 0.462 e. The second kappa shape index (κ2) is 25.8. The number of anilines is 1. The third-order valence-corrected chi connectivity index (χ3v) is 13.6. The fourth-order valence-corrected chi connectivity index (χ4v) is 9.52. The van der Waals surface area contributed by atoms with Crippen LogP contribution in [0.1, 0.15) is 173 Å². The van der Waals surface area contributed by atoms with E-state index in [9.17, 15) is 38.4 Å². The van der Waals surface area contributed by atoms with Gasteiger partial charge in [0.25, 0.3) is 23.6 Å². The highest BCUT2D eigenvalue weighted by Crippen LogP contribution is 2.46. The fourth-order valence-electron chi connectivity index (χ4n) is 9.52. The summed E-state index contributed by atoms with van der Waals surface area (Å²) in [6.07, 6.45) is 1.46. The quantitative estimate of drug-likeness (QED) is 0.0328. The molecule has 16 nitrogen and oxygen atoms in total. The molecular weight excluding hydrogens is 981 g/mol. The number of carbonyl (C=O) groups is 8. The van der Waals surface area contributed by atoms with Gasteiger partial charge in [0.1, 0.15) is 12.2 Å². The number of benzene rings is 4. The van der Waals surface area contributed by atoms with Gasteiger partial charge in [0.15, 0.2) is 0 Å². The molecule has 1 aliphatic rings. The van der Waals surface area contributed by atoms with E-state index in [-0.39, 0.29) is 88.1 Å². The zero-order valence-corrected chi connectivity index (χ0v) is 46.3. The van der Waals surface area contributed by atoms with Crippen LogP contribution in [0.15, 0.2) is 109 Å². The summed E-state index contributed by atoms with van der Waals surface area (Å²) in [4.78, 5) is 106. The highest BCUT2D eigenvalue weighted by Gasteiger charge is 2.42. The first-order chi connectivity index (χ1) is 36.1. The molecule has 16 heteroatoms. The Morgan fingerprint density at radius 1 is 0.636 bits per heavy atom. The molecule has 4 atom stereocenters. The first-order valence-electron chi connectivity index (χ1n) is 25.8. The van der Waals surface area contributed by atoms with Gasteiger partial charge < -0.3 is 40.2 Å². The van der Waals surface area contributed by atoms with Gasteiger partial charge in [-0.1, -0.05) is 77.6 Å². The topological polar surface area (TPSA) is 222 Å². The molecule has 0 bridgehead atoms. The van der Waals surface area contributed by atoms with Gasteiger partial charge in [-0.3, -0.25) is 19.2 Å². The summed E-state index contributed by atoms with van der Waals surface area (Å²) in [5.41, 5.74) is 2.51. The number of aryl methyl sites for hydroxylation is 1. The van der Waals surface area contributed by atoms with Gasteiger partial charge in [0.2, 0.25) is 0 Å². The van der Waals surface area contributed by atoms with Crippen molar-refractivity contribution in [3.05, 3.63) is 159 Å². The van der Waals surface area contributed by atoms with E-state index in [1.54, 1.807) is 62.4 Å². The van der Waals surface area contributed by atoms with Gasteiger partial charge >= 0.3 is 23.9 Å². The lowest BCUT2D eigenvalue weighted by atomic mass is 9.62. The minimum absolute atomic E-state index is 0.00161. The molecule has 0 heterocycles. The predicted molar refractivity (Wildman–Crippen MR) is 294 cm³/mol. The van der Waals surface area contributed by atoms with Crippen LogP contribution in [-0.2, 0) is 34.0 Å². The molecule has 4 N–H and O–H groups in total. The lowest BCUT2D eigenvalue weighted by Crippen LogP contribution is -2.50. The van der Waals surface area contributed by atoms with E-state index in [0.717, 1.165) is 18.4 Å². The van der Waals surface area contributed by atoms with E-state index in [0.29, 0.717) is 40.9 Å². The van der Waals surface area contributed by atoms with Gasteiger partial charge in [-0.25, -0.2) is 19.2 Å². The first kappa shape index (κ1) is 60.0. The van der Waals surface area contributed by atoms with Crippen molar-refractivity contribution in [1.29, 1.82) is 0 Å². The summed E-state index contributed by atoms with van der Waals surface area (Å²) in [5, 5.41) is 11.8. The SMILES string of the molecule is C=C(C)C(=O)OC(C)CCOC(=O)c1ccc(C(C)(C)c2ccc(C(=O)OCCC(C)OC(=O)C(=C)C)c(C(=O)Nc3ccc(C(=O)NC4CC(C)(C)CC(C)(CNC(=O)c5ccc(C)cc5)C4)cc3)c2)cc1C(=O)NC. The zero-order chi connectivity index (χ0) is 57.0. The van der Waals surface area contributed by atoms with Crippen LogP contribution in [0.2, 0.25) is 0 Å². The standard InChI is InChI=1S/C61H74N4O12/c1-36(2)55(70)76-39(6)26-28-74-57(72)47-24-20-43(30-49(47)53(68)62-13)60(10,11)44-21-25-48(58(73)75-29-27-40(7)77-56(71)37(3)4)50(31-44)54(69)64-45-22-18-42(19-23-45)52(67)65-46-32-59(8,9)34-61(12,33-46)35-63-51(66)41-16-14-38(5)15-17-41/h14-25,30-31,39-40,46H,1,3,26-29,32-35H2,2,4-13H3,(H,62,68)(H,63,66)(H,64,69)(H,65,67). The third-order valence-electron chi connectivity index (χ3n) is 13.6. The summed E-state index contributed by atoms with van der Waals surface area (Å²) in [5.74, 6) is -4.37. The van der Waals surface area contributed by atoms with Crippen molar-refractivity contribution in [2.75, 3.05) is 32.1 Å². The number of hydrogen-bond acceptors (Lipinski definition) is 12. The molecule has 1 saturated carbocycles. The van der Waals surface area contributed by atoms with E-state index < -0.39 is 53.3 Å². The number of esters is 4. The maximum absolute atomic E-state index is 14.4. The van der Waals surface area contributed by atoms with Crippen LogP contribution in [0.4, 0.5) is 5.69 Å². The maximum Gasteiger partial charge on any atom is 0.338 e. The molecule has 410 valence electrons. The second-order valence-electron chi connectivity index (χ2n) is 21.9. The van der Waals surface area contributed by atoms with Gasteiger partial charge in [0, 0.05) is 65.9 Å². The molecule has 0 radical (unpaired) electrons.